The summed E-state index contributed by atoms with van der Waals surface area (Å²) in [7, 11) is 0. The number of hydrogen-bond acceptors (Lipinski definition) is 4. The predicted molar refractivity (Wildman–Crippen MR) is 61.3 cm³/mol. The highest BCUT2D eigenvalue weighted by atomic mass is 16.7. The van der Waals surface area contributed by atoms with Crippen LogP contribution in [0.3, 0.4) is 0 Å². The smallest absolute Gasteiger partial charge is 0.160 e. The zero-order valence-electron chi connectivity index (χ0n) is 10.4. The molecule has 1 unspecified atom stereocenters. The maximum Gasteiger partial charge on any atom is 0.160 e. The molecule has 3 atom stereocenters. The number of hydrogen-bond donors (Lipinski definition) is 1. The third-order valence-electron chi connectivity index (χ3n) is 2.72. The summed E-state index contributed by atoms with van der Waals surface area (Å²) in [6.45, 7) is 5.72. The van der Waals surface area contributed by atoms with Crippen LogP contribution in [0.1, 0.15) is 39.5 Å². The highest BCUT2D eigenvalue weighted by Gasteiger charge is 2.24. The topological polar surface area (TPSA) is 47.9 Å². The Kier molecular flexibility index (Phi) is 6.96. The van der Waals surface area contributed by atoms with Crippen molar-refractivity contribution in [3.8, 4) is 0 Å². The van der Waals surface area contributed by atoms with E-state index in [0.717, 1.165) is 32.3 Å². The van der Waals surface area contributed by atoms with E-state index in [9.17, 15) is 0 Å². The monoisotopic (exact) mass is 232 g/mol. The summed E-state index contributed by atoms with van der Waals surface area (Å²) in [6.07, 6.45) is 3.61. The molecule has 0 saturated carbocycles. The Morgan fingerprint density at radius 3 is 3.00 bits per heavy atom. The van der Waals surface area contributed by atoms with Crippen LogP contribution in [-0.2, 0) is 14.2 Å². The average molecular weight is 232 g/mol. The molecule has 96 valence electrons. The molecule has 1 saturated heterocycles. The van der Waals surface area contributed by atoms with Gasteiger partial charge in [-0.1, -0.05) is 13.3 Å². The summed E-state index contributed by atoms with van der Waals surface area (Å²) >= 11 is 0. The van der Waals surface area contributed by atoms with Crippen molar-refractivity contribution in [1.82, 2.24) is 0 Å². The van der Waals surface area contributed by atoms with Gasteiger partial charge >= 0.3 is 0 Å². The molecule has 1 rings (SSSR count). The van der Waals surface area contributed by atoms with Gasteiger partial charge in [-0.05, 0) is 19.8 Å². The lowest BCUT2D eigenvalue weighted by Gasteiger charge is -2.30. The Labute approximate surface area is 97.9 Å². The summed E-state index contributed by atoms with van der Waals surface area (Å²) < 4.78 is 16.7. The van der Waals surface area contributed by atoms with Crippen LogP contribution in [0.5, 0.6) is 0 Å². The van der Waals surface area contributed by atoms with Gasteiger partial charge in [-0.25, -0.2) is 0 Å². The lowest BCUT2D eigenvalue weighted by molar-refractivity contribution is -0.230. The number of aliphatic hydroxyl groups is 1. The zero-order chi connectivity index (χ0) is 11.8. The van der Waals surface area contributed by atoms with E-state index in [1.54, 1.807) is 0 Å². The first-order chi connectivity index (χ1) is 7.76. The molecule has 4 nitrogen and oxygen atoms in total. The summed E-state index contributed by atoms with van der Waals surface area (Å²) in [6, 6.07) is 0. The number of rotatable bonds is 7. The van der Waals surface area contributed by atoms with Crippen molar-refractivity contribution in [2.24, 2.45) is 0 Å². The van der Waals surface area contributed by atoms with E-state index in [0.29, 0.717) is 6.61 Å². The van der Waals surface area contributed by atoms with E-state index in [2.05, 4.69) is 6.92 Å². The Hall–Kier alpha value is -0.160. The van der Waals surface area contributed by atoms with Gasteiger partial charge in [-0.15, -0.1) is 0 Å². The summed E-state index contributed by atoms with van der Waals surface area (Å²) in [5, 5.41) is 9.00. The molecule has 0 aromatic rings. The molecule has 16 heavy (non-hydrogen) atoms. The molecule has 0 spiro atoms. The Morgan fingerprint density at radius 1 is 1.50 bits per heavy atom. The Bertz CT molecular complexity index is 174. The van der Waals surface area contributed by atoms with E-state index in [1.807, 2.05) is 6.92 Å². The molecule has 1 heterocycles. The third kappa shape index (κ3) is 5.25. The number of aliphatic hydroxyl groups excluding tert-OH is 1. The van der Waals surface area contributed by atoms with Crippen LogP contribution in [0.2, 0.25) is 0 Å². The van der Waals surface area contributed by atoms with Crippen molar-refractivity contribution >= 4 is 0 Å². The molecule has 0 aromatic heterocycles. The van der Waals surface area contributed by atoms with Crippen LogP contribution in [0.15, 0.2) is 0 Å². The van der Waals surface area contributed by atoms with Gasteiger partial charge in [0.2, 0.25) is 0 Å². The van der Waals surface area contributed by atoms with Crippen molar-refractivity contribution in [1.29, 1.82) is 0 Å². The first-order valence-corrected chi connectivity index (χ1v) is 6.25. The number of ether oxygens (including phenoxy) is 3. The molecule has 0 aromatic carbocycles. The molecule has 1 fully saturated rings. The molecule has 4 heteroatoms. The minimum atomic E-state index is -0.220. The molecule has 0 radical (unpaired) electrons. The molecule has 1 aliphatic rings. The summed E-state index contributed by atoms with van der Waals surface area (Å²) in [5.74, 6) is 0. The van der Waals surface area contributed by atoms with Crippen LogP contribution < -0.4 is 0 Å². The lowest BCUT2D eigenvalue weighted by Crippen LogP contribution is -2.36. The maximum absolute atomic E-state index is 9.00. The van der Waals surface area contributed by atoms with E-state index in [4.69, 9.17) is 19.3 Å². The average Bonchev–Trinajstić information content (AvgIpc) is 2.29. The van der Waals surface area contributed by atoms with Gasteiger partial charge in [0.25, 0.3) is 0 Å². The fraction of sp³-hybridized carbons (Fsp3) is 1.00. The fourth-order valence-electron chi connectivity index (χ4n) is 1.68. The largest absolute Gasteiger partial charge is 0.394 e. The van der Waals surface area contributed by atoms with Gasteiger partial charge in [0.15, 0.2) is 6.29 Å². The first-order valence-electron chi connectivity index (χ1n) is 6.25. The maximum atomic E-state index is 9.00. The Morgan fingerprint density at radius 2 is 2.31 bits per heavy atom. The zero-order valence-corrected chi connectivity index (χ0v) is 10.4. The van der Waals surface area contributed by atoms with Crippen LogP contribution in [0.4, 0.5) is 0 Å². The van der Waals surface area contributed by atoms with Gasteiger partial charge in [-0.3, -0.25) is 0 Å². The molecular weight excluding hydrogens is 208 g/mol. The fourth-order valence-corrected chi connectivity index (χ4v) is 1.68. The lowest BCUT2D eigenvalue weighted by atomic mass is 10.2. The SMILES string of the molecule is CCCCOC(C)C[C@H]1OCC[C@H](CO)O1. The minimum absolute atomic E-state index is 0.0680. The van der Waals surface area contributed by atoms with E-state index >= 15 is 0 Å². The van der Waals surface area contributed by atoms with Gasteiger partial charge in [0.05, 0.1) is 25.4 Å². The molecule has 0 aliphatic carbocycles. The summed E-state index contributed by atoms with van der Waals surface area (Å²) in [5.41, 5.74) is 0. The Balaban J connectivity index is 2.14. The quantitative estimate of drug-likeness (QED) is 0.679. The second-order valence-corrected chi connectivity index (χ2v) is 4.30. The molecule has 1 N–H and O–H groups in total. The van der Waals surface area contributed by atoms with Crippen LogP contribution in [-0.4, -0.2) is 43.4 Å². The van der Waals surface area contributed by atoms with E-state index in [-0.39, 0.29) is 25.1 Å². The van der Waals surface area contributed by atoms with Crippen molar-refractivity contribution < 1.29 is 19.3 Å². The van der Waals surface area contributed by atoms with E-state index < -0.39 is 0 Å². The third-order valence-corrected chi connectivity index (χ3v) is 2.72. The number of unbranched alkanes of at least 4 members (excludes halogenated alkanes) is 1. The van der Waals surface area contributed by atoms with Crippen LogP contribution in [0, 0.1) is 0 Å². The molecular formula is C12H24O4. The minimum Gasteiger partial charge on any atom is -0.394 e. The highest BCUT2D eigenvalue weighted by molar-refractivity contribution is 4.65. The normalized spacial score (nSPS) is 27.9. The second-order valence-electron chi connectivity index (χ2n) is 4.30. The molecule has 0 amide bonds. The second kappa shape index (κ2) is 8.01. The van der Waals surface area contributed by atoms with Crippen molar-refractivity contribution in [3.05, 3.63) is 0 Å². The highest BCUT2D eigenvalue weighted by Crippen LogP contribution is 2.17. The molecule has 0 bridgehead atoms. The standard InChI is InChI=1S/C12H24O4/c1-3-4-6-14-10(2)8-12-15-7-5-11(9-13)16-12/h10-13H,3-9H2,1-2H3/t10?,11-,12+/m1/s1. The first kappa shape index (κ1) is 13.9. The van der Waals surface area contributed by atoms with Gasteiger partial charge in [0.1, 0.15) is 0 Å². The van der Waals surface area contributed by atoms with Gasteiger partial charge in [-0.2, -0.15) is 0 Å². The summed E-state index contributed by atoms with van der Waals surface area (Å²) in [4.78, 5) is 0. The van der Waals surface area contributed by atoms with Gasteiger partial charge < -0.3 is 19.3 Å². The van der Waals surface area contributed by atoms with Crippen molar-refractivity contribution in [3.63, 3.8) is 0 Å². The molecule has 1 aliphatic heterocycles. The van der Waals surface area contributed by atoms with Crippen molar-refractivity contribution in [2.75, 3.05) is 19.8 Å². The van der Waals surface area contributed by atoms with Gasteiger partial charge in [0, 0.05) is 13.0 Å². The predicted octanol–water partition coefficient (Wildman–Crippen LogP) is 1.71. The van der Waals surface area contributed by atoms with E-state index in [1.165, 1.54) is 0 Å². The van der Waals surface area contributed by atoms with Crippen molar-refractivity contribution in [2.45, 2.75) is 58.0 Å². The van der Waals surface area contributed by atoms with Crippen LogP contribution >= 0.6 is 0 Å². The van der Waals surface area contributed by atoms with Crippen LogP contribution in [0.25, 0.3) is 0 Å².